The van der Waals surface area contributed by atoms with E-state index in [2.05, 4.69) is 39.7 Å². The van der Waals surface area contributed by atoms with Gasteiger partial charge >= 0.3 is 0 Å². The predicted molar refractivity (Wildman–Crippen MR) is 136 cm³/mol. The Morgan fingerprint density at radius 1 is 1.14 bits per heavy atom. The summed E-state index contributed by atoms with van der Waals surface area (Å²) in [6.07, 6.45) is 8.72. The van der Waals surface area contributed by atoms with Gasteiger partial charge in [0.1, 0.15) is 11.4 Å². The highest BCUT2D eigenvalue weighted by atomic mass is 19.3. The predicted octanol–water partition coefficient (Wildman–Crippen LogP) is 5.22. The average Bonchev–Trinajstić information content (AvgIpc) is 3.50. The molecule has 3 aromatic rings. The van der Waals surface area contributed by atoms with Crippen molar-refractivity contribution in [3.05, 3.63) is 35.9 Å². The van der Waals surface area contributed by atoms with Crippen molar-refractivity contribution >= 4 is 23.1 Å². The van der Waals surface area contributed by atoms with E-state index in [4.69, 9.17) is 0 Å². The zero-order valence-electron chi connectivity index (χ0n) is 21.3. The average molecular weight is 516 g/mol. The minimum absolute atomic E-state index is 0.00457. The molecule has 5 rings (SSSR count). The van der Waals surface area contributed by atoms with Crippen LogP contribution in [0.4, 0.5) is 20.3 Å². The number of rotatable bonds is 7. The van der Waals surface area contributed by atoms with Gasteiger partial charge in [-0.2, -0.15) is 10.2 Å². The molecule has 2 saturated carbocycles. The minimum atomic E-state index is -2.82. The number of nitrogens with zero attached hydrogens (tertiary/aromatic N) is 5. The van der Waals surface area contributed by atoms with Gasteiger partial charge in [0.2, 0.25) is 0 Å². The number of amides is 1. The molecule has 0 saturated heterocycles. The van der Waals surface area contributed by atoms with E-state index in [9.17, 15) is 18.7 Å². The van der Waals surface area contributed by atoms with Crippen molar-refractivity contribution < 1.29 is 18.7 Å². The van der Waals surface area contributed by atoms with Crippen molar-refractivity contribution in [2.75, 3.05) is 10.6 Å². The van der Waals surface area contributed by atoms with Crippen LogP contribution in [0.15, 0.2) is 24.7 Å². The third-order valence-electron chi connectivity index (χ3n) is 7.95. The number of hydrogen-bond donors (Lipinski definition) is 3. The molecule has 0 radical (unpaired) electrons. The number of aliphatic hydroxyl groups is 1. The van der Waals surface area contributed by atoms with Gasteiger partial charge in [0, 0.05) is 12.4 Å². The maximum Gasteiger partial charge on any atom is 0.284 e. The molecule has 2 atom stereocenters. The molecule has 2 aliphatic rings. The van der Waals surface area contributed by atoms with Gasteiger partial charge in [0.15, 0.2) is 11.3 Å². The highest BCUT2D eigenvalue weighted by Crippen LogP contribution is 2.37. The second kappa shape index (κ2) is 10.7. The van der Waals surface area contributed by atoms with E-state index in [-0.39, 0.29) is 23.3 Å². The molecule has 0 unspecified atom stereocenters. The summed E-state index contributed by atoms with van der Waals surface area (Å²) in [5, 5.41) is 24.5. The lowest BCUT2D eigenvalue weighted by Gasteiger charge is -2.30. The molecule has 0 spiro atoms. The van der Waals surface area contributed by atoms with E-state index in [1.807, 2.05) is 0 Å². The highest BCUT2D eigenvalue weighted by molar-refractivity contribution is 6.08. The van der Waals surface area contributed by atoms with Crippen LogP contribution in [0.3, 0.4) is 0 Å². The van der Waals surface area contributed by atoms with E-state index in [0.717, 1.165) is 51.4 Å². The SMILES string of the molecule is CC(C)C1CCC(n2cc(NC(=O)c3cnn4ccc(N[C@@H]5CCCC[C@@H]5O)nc34)c(C(F)F)n2)CC1. The fourth-order valence-corrected chi connectivity index (χ4v) is 5.65. The van der Waals surface area contributed by atoms with Gasteiger partial charge in [-0.1, -0.05) is 26.7 Å². The van der Waals surface area contributed by atoms with Crippen LogP contribution in [0.5, 0.6) is 0 Å². The van der Waals surface area contributed by atoms with E-state index >= 15 is 0 Å². The monoisotopic (exact) mass is 515 g/mol. The van der Waals surface area contributed by atoms with E-state index < -0.39 is 24.1 Å². The van der Waals surface area contributed by atoms with E-state index in [0.29, 0.717) is 23.3 Å². The summed E-state index contributed by atoms with van der Waals surface area (Å²) in [6, 6.07) is 1.66. The van der Waals surface area contributed by atoms with Crippen molar-refractivity contribution in [1.29, 1.82) is 0 Å². The third kappa shape index (κ3) is 5.46. The first-order valence-electron chi connectivity index (χ1n) is 13.3. The fourth-order valence-electron chi connectivity index (χ4n) is 5.65. The molecule has 0 aliphatic heterocycles. The van der Waals surface area contributed by atoms with Gasteiger partial charge < -0.3 is 15.7 Å². The molecule has 0 bridgehead atoms. The van der Waals surface area contributed by atoms with Crippen molar-refractivity contribution in [3.63, 3.8) is 0 Å². The van der Waals surface area contributed by atoms with Crippen LogP contribution >= 0.6 is 0 Å². The molecule has 3 aromatic heterocycles. The first kappa shape index (κ1) is 25.6. The number of hydrogen-bond acceptors (Lipinski definition) is 6. The molecule has 11 heteroatoms. The molecule has 2 aliphatic carbocycles. The normalized spacial score (nSPS) is 24.6. The molecular weight excluding hydrogens is 480 g/mol. The summed E-state index contributed by atoms with van der Waals surface area (Å²) in [6.45, 7) is 4.43. The lowest BCUT2D eigenvalue weighted by Crippen LogP contribution is -2.36. The van der Waals surface area contributed by atoms with Crippen molar-refractivity contribution in [1.82, 2.24) is 24.4 Å². The number of alkyl halides is 2. The largest absolute Gasteiger partial charge is 0.391 e. The summed E-state index contributed by atoms with van der Waals surface area (Å²) in [4.78, 5) is 17.7. The zero-order valence-corrected chi connectivity index (χ0v) is 21.3. The lowest BCUT2D eigenvalue weighted by atomic mass is 9.80. The summed E-state index contributed by atoms with van der Waals surface area (Å²) >= 11 is 0. The molecule has 1 amide bonds. The molecule has 200 valence electrons. The van der Waals surface area contributed by atoms with Gasteiger partial charge in [-0.25, -0.2) is 18.3 Å². The van der Waals surface area contributed by atoms with Crippen LogP contribution in [0.2, 0.25) is 0 Å². The maximum atomic E-state index is 13.8. The van der Waals surface area contributed by atoms with E-state index in [1.54, 1.807) is 16.9 Å². The number of aromatic nitrogens is 5. The molecule has 3 N–H and O–H groups in total. The topological polar surface area (TPSA) is 109 Å². The summed E-state index contributed by atoms with van der Waals surface area (Å²) in [7, 11) is 0. The van der Waals surface area contributed by atoms with Gasteiger partial charge in [0.05, 0.1) is 30.1 Å². The van der Waals surface area contributed by atoms with Crippen LogP contribution in [0.1, 0.15) is 93.7 Å². The molecular formula is C26H35F2N7O2. The Hall–Kier alpha value is -3.08. The Morgan fingerprint density at radius 3 is 2.59 bits per heavy atom. The number of nitrogens with one attached hydrogen (secondary N) is 2. The van der Waals surface area contributed by atoms with Gasteiger partial charge in [0.25, 0.3) is 12.3 Å². The van der Waals surface area contributed by atoms with Crippen LogP contribution in [-0.4, -0.2) is 47.5 Å². The van der Waals surface area contributed by atoms with Gasteiger partial charge in [-0.15, -0.1) is 0 Å². The maximum absolute atomic E-state index is 13.8. The fraction of sp³-hybridized carbons (Fsp3) is 0.615. The minimum Gasteiger partial charge on any atom is -0.391 e. The number of carbonyl (C=O) groups excluding carboxylic acids is 1. The first-order chi connectivity index (χ1) is 17.8. The Kier molecular flexibility index (Phi) is 7.41. The molecule has 0 aromatic carbocycles. The van der Waals surface area contributed by atoms with E-state index in [1.165, 1.54) is 16.9 Å². The van der Waals surface area contributed by atoms with Crippen molar-refractivity contribution in [2.45, 2.75) is 89.8 Å². The first-order valence-corrected chi connectivity index (χ1v) is 13.3. The molecule has 37 heavy (non-hydrogen) atoms. The second-order valence-corrected chi connectivity index (χ2v) is 10.7. The van der Waals surface area contributed by atoms with Crippen LogP contribution < -0.4 is 10.6 Å². The standard InChI is InChI=1S/C26H35F2N7O2/c1-15(2)16-7-9-17(10-8-16)35-14-20(23(33-35)24(27)28)31-26(37)18-13-29-34-12-11-22(32-25(18)34)30-19-5-3-4-6-21(19)36/h11-17,19,21,24,36H,3-10H2,1-2H3,(H,30,32)(H,31,37)/t16?,17?,19-,21+/m1/s1. The number of anilines is 2. The lowest BCUT2D eigenvalue weighted by molar-refractivity contribution is 0.102. The Balaban J connectivity index is 1.34. The zero-order chi connectivity index (χ0) is 26.1. The molecule has 3 heterocycles. The van der Waals surface area contributed by atoms with Crippen LogP contribution in [0.25, 0.3) is 5.65 Å². The Bertz CT molecular complexity index is 1230. The van der Waals surface area contributed by atoms with Crippen molar-refractivity contribution in [2.24, 2.45) is 11.8 Å². The molecule has 2 fully saturated rings. The summed E-state index contributed by atoms with van der Waals surface area (Å²) in [5.74, 6) is 1.19. The Labute approximate surface area is 214 Å². The Morgan fingerprint density at radius 2 is 1.89 bits per heavy atom. The summed E-state index contributed by atoms with van der Waals surface area (Å²) in [5.41, 5.74) is 0.0337. The smallest absolute Gasteiger partial charge is 0.284 e. The second-order valence-electron chi connectivity index (χ2n) is 10.7. The highest BCUT2D eigenvalue weighted by Gasteiger charge is 2.29. The number of halogens is 2. The quantitative estimate of drug-likeness (QED) is 0.398. The summed E-state index contributed by atoms with van der Waals surface area (Å²) < 4.78 is 30.7. The van der Waals surface area contributed by atoms with Crippen LogP contribution in [-0.2, 0) is 0 Å². The third-order valence-corrected chi connectivity index (χ3v) is 7.95. The number of aliphatic hydroxyl groups excluding tert-OH is 1. The number of fused-ring (bicyclic) bond motifs is 1. The van der Waals surface area contributed by atoms with Crippen molar-refractivity contribution in [3.8, 4) is 0 Å². The number of carbonyl (C=O) groups is 1. The van der Waals surface area contributed by atoms with Gasteiger partial charge in [-0.3, -0.25) is 9.48 Å². The van der Waals surface area contributed by atoms with Crippen LogP contribution in [0, 0.1) is 11.8 Å². The molecule has 9 nitrogen and oxygen atoms in total. The van der Waals surface area contributed by atoms with Gasteiger partial charge in [-0.05, 0) is 56.4 Å².